The van der Waals surface area contributed by atoms with Crippen molar-refractivity contribution in [1.29, 1.82) is 0 Å². The third-order valence-corrected chi connectivity index (χ3v) is 3.10. The second-order valence-corrected chi connectivity index (χ2v) is 4.38. The van der Waals surface area contributed by atoms with Gasteiger partial charge in [-0.2, -0.15) is 0 Å². The van der Waals surface area contributed by atoms with E-state index in [4.69, 9.17) is 0 Å². The average molecular weight is 208 g/mol. The number of unbranched alkanes of at least 4 members (excludes halogenated alkanes) is 5. The molecule has 1 heterocycles. The summed E-state index contributed by atoms with van der Waals surface area (Å²) in [6.07, 6.45) is 10.1. The van der Waals surface area contributed by atoms with Gasteiger partial charge in [0.15, 0.2) is 0 Å². The minimum absolute atomic E-state index is 1.14. The first-order valence-corrected chi connectivity index (χ1v) is 6.24. The van der Waals surface area contributed by atoms with Crippen LogP contribution >= 0.6 is 0 Å². The Hall–Kier alpha value is -0.790. The topological polar surface area (TPSA) is 17.8 Å². The van der Waals surface area contributed by atoms with Gasteiger partial charge in [0.05, 0.1) is 12.0 Å². The number of hydrogen-bond acceptors (Lipinski definition) is 1. The Labute approximate surface area is 93.7 Å². The highest BCUT2D eigenvalue weighted by Crippen LogP contribution is 2.09. The second kappa shape index (κ2) is 6.65. The van der Waals surface area contributed by atoms with Crippen LogP contribution in [0.25, 0.3) is 0 Å². The van der Waals surface area contributed by atoms with E-state index >= 15 is 0 Å². The second-order valence-electron chi connectivity index (χ2n) is 4.38. The standard InChI is InChI=1S/C13H24N2/c1-4-5-6-7-8-9-10-15-11-14-12(2)13(15)3/h11H,4-10H2,1-3H3. The molecule has 0 N–H and O–H groups in total. The molecule has 0 aromatic carbocycles. The first kappa shape index (κ1) is 12.3. The highest BCUT2D eigenvalue weighted by atomic mass is 15.0. The van der Waals surface area contributed by atoms with Gasteiger partial charge in [-0.05, 0) is 20.3 Å². The monoisotopic (exact) mass is 208 g/mol. The molecule has 1 aromatic rings. The van der Waals surface area contributed by atoms with E-state index in [0.29, 0.717) is 0 Å². The van der Waals surface area contributed by atoms with Crippen molar-refractivity contribution in [1.82, 2.24) is 9.55 Å². The van der Waals surface area contributed by atoms with Gasteiger partial charge in [0.1, 0.15) is 0 Å². The molecule has 2 nitrogen and oxygen atoms in total. The quantitative estimate of drug-likeness (QED) is 0.622. The molecule has 0 saturated heterocycles. The van der Waals surface area contributed by atoms with E-state index in [1.165, 1.54) is 49.9 Å². The molecule has 0 spiro atoms. The van der Waals surface area contributed by atoms with Crippen LogP contribution in [0.15, 0.2) is 6.33 Å². The van der Waals surface area contributed by atoms with E-state index in [0.717, 1.165) is 6.54 Å². The van der Waals surface area contributed by atoms with Gasteiger partial charge in [-0.1, -0.05) is 39.0 Å². The van der Waals surface area contributed by atoms with Gasteiger partial charge in [-0.25, -0.2) is 4.98 Å². The van der Waals surface area contributed by atoms with Crippen molar-refractivity contribution in [2.24, 2.45) is 0 Å². The molecule has 0 atom stereocenters. The third-order valence-electron chi connectivity index (χ3n) is 3.10. The molecule has 1 rings (SSSR count). The van der Waals surface area contributed by atoms with E-state index in [9.17, 15) is 0 Å². The summed E-state index contributed by atoms with van der Waals surface area (Å²) >= 11 is 0. The van der Waals surface area contributed by atoms with Crippen molar-refractivity contribution < 1.29 is 0 Å². The number of rotatable bonds is 7. The summed E-state index contributed by atoms with van der Waals surface area (Å²) in [4.78, 5) is 4.31. The van der Waals surface area contributed by atoms with E-state index in [2.05, 4.69) is 30.3 Å². The lowest BCUT2D eigenvalue weighted by Crippen LogP contribution is -1.98. The molecule has 0 aliphatic carbocycles. The SMILES string of the molecule is CCCCCCCCn1cnc(C)c1C. The van der Waals surface area contributed by atoms with Crippen LogP contribution < -0.4 is 0 Å². The fourth-order valence-corrected chi connectivity index (χ4v) is 1.83. The third kappa shape index (κ3) is 4.06. The van der Waals surface area contributed by atoms with Crippen LogP contribution in [0.1, 0.15) is 56.8 Å². The summed E-state index contributed by atoms with van der Waals surface area (Å²) in [5.74, 6) is 0. The molecule has 15 heavy (non-hydrogen) atoms. The zero-order valence-corrected chi connectivity index (χ0v) is 10.4. The maximum atomic E-state index is 4.31. The molecule has 0 fully saturated rings. The fraction of sp³-hybridized carbons (Fsp3) is 0.769. The Kier molecular flexibility index (Phi) is 5.44. The fourth-order valence-electron chi connectivity index (χ4n) is 1.83. The zero-order chi connectivity index (χ0) is 11.1. The summed E-state index contributed by atoms with van der Waals surface area (Å²) in [6, 6.07) is 0. The number of aryl methyl sites for hydroxylation is 2. The molecule has 0 unspecified atom stereocenters. The van der Waals surface area contributed by atoms with Gasteiger partial charge in [0, 0.05) is 12.2 Å². The Bertz CT molecular complexity index is 276. The van der Waals surface area contributed by atoms with Crippen LogP contribution in [0.2, 0.25) is 0 Å². The lowest BCUT2D eigenvalue weighted by atomic mass is 10.1. The van der Waals surface area contributed by atoms with E-state index < -0.39 is 0 Å². The number of nitrogens with zero attached hydrogens (tertiary/aromatic N) is 2. The maximum absolute atomic E-state index is 4.31. The van der Waals surface area contributed by atoms with E-state index in [-0.39, 0.29) is 0 Å². The minimum atomic E-state index is 1.14. The van der Waals surface area contributed by atoms with Crippen LogP contribution in [-0.4, -0.2) is 9.55 Å². The molecule has 0 bridgehead atoms. The molecule has 0 aliphatic heterocycles. The van der Waals surface area contributed by atoms with Gasteiger partial charge in [-0.15, -0.1) is 0 Å². The Morgan fingerprint density at radius 1 is 1.07 bits per heavy atom. The van der Waals surface area contributed by atoms with Gasteiger partial charge >= 0.3 is 0 Å². The van der Waals surface area contributed by atoms with Crippen molar-refractivity contribution >= 4 is 0 Å². The molecule has 0 radical (unpaired) electrons. The van der Waals surface area contributed by atoms with Crippen LogP contribution in [0.4, 0.5) is 0 Å². The number of imidazole rings is 1. The van der Waals surface area contributed by atoms with Crippen molar-refractivity contribution in [2.75, 3.05) is 0 Å². The Morgan fingerprint density at radius 2 is 1.73 bits per heavy atom. The van der Waals surface area contributed by atoms with Crippen molar-refractivity contribution in [2.45, 2.75) is 65.8 Å². The predicted octanol–water partition coefficient (Wildman–Crippen LogP) is 3.86. The maximum Gasteiger partial charge on any atom is 0.0951 e. The largest absolute Gasteiger partial charge is 0.335 e. The van der Waals surface area contributed by atoms with Gasteiger partial charge in [0.2, 0.25) is 0 Å². The highest BCUT2D eigenvalue weighted by molar-refractivity contribution is 5.08. The molecule has 0 amide bonds. The van der Waals surface area contributed by atoms with Crippen molar-refractivity contribution in [3.63, 3.8) is 0 Å². The molecular formula is C13H24N2. The number of hydrogen-bond donors (Lipinski definition) is 0. The summed E-state index contributed by atoms with van der Waals surface area (Å²) in [5.41, 5.74) is 2.49. The molecule has 2 heteroatoms. The molecule has 1 aromatic heterocycles. The highest BCUT2D eigenvalue weighted by Gasteiger charge is 2.00. The van der Waals surface area contributed by atoms with Crippen LogP contribution in [-0.2, 0) is 6.54 Å². The van der Waals surface area contributed by atoms with Crippen molar-refractivity contribution in [3.05, 3.63) is 17.7 Å². The Morgan fingerprint density at radius 3 is 2.33 bits per heavy atom. The first-order chi connectivity index (χ1) is 7.25. The molecule has 0 saturated carbocycles. The van der Waals surface area contributed by atoms with Gasteiger partial charge < -0.3 is 4.57 Å². The molecular weight excluding hydrogens is 184 g/mol. The summed E-state index contributed by atoms with van der Waals surface area (Å²) in [6.45, 7) is 7.63. The lowest BCUT2D eigenvalue weighted by molar-refractivity contribution is 0.552. The molecule has 0 aliphatic rings. The minimum Gasteiger partial charge on any atom is -0.335 e. The molecule has 86 valence electrons. The van der Waals surface area contributed by atoms with Crippen LogP contribution in [0, 0.1) is 13.8 Å². The summed E-state index contributed by atoms with van der Waals surface area (Å²) in [7, 11) is 0. The predicted molar refractivity (Wildman–Crippen MR) is 65.1 cm³/mol. The van der Waals surface area contributed by atoms with Gasteiger partial charge in [0.25, 0.3) is 0 Å². The van der Waals surface area contributed by atoms with Gasteiger partial charge in [-0.3, -0.25) is 0 Å². The van der Waals surface area contributed by atoms with Crippen LogP contribution in [0.5, 0.6) is 0 Å². The Balaban J connectivity index is 2.12. The van der Waals surface area contributed by atoms with E-state index in [1.807, 2.05) is 6.33 Å². The van der Waals surface area contributed by atoms with E-state index in [1.54, 1.807) is 0 Å². The normalized spacial score (nSPS) is 10.9. The number of aromatic nitrogens is 2. The zero-order valence-electron chi connectivity index (χ0n) is 10.4. The van der Waals surface area contributed by atoms with Crippen LogP contribution in [0.3, 0.4) is 0 Å². The van der Waals surface area contributed by atoms with Crippen molar-refractivity contribution in [3.8, 4) is 0 Å². The smallest absolute Gasteiger partial charge is 0.0951 e. The average Bonchev–Trinajstić information content (AvgIpc) is 2.54. The first-order valence-electron chi connectivity index (χ1n) is 6.24. The lowest BCUT2D eigenvalue weighted by Gasteiger charge is -2.05. The summed E-state index contributed by atoms with van der Waals surface area (Å²) < 4.78 is 2.27. The summed E-state index contributed by atoms with van der Waals surface area (Å²) in [5, 5.41) is 0.